The maximum atomic E-state index is 13.4. The molecule has 3 N–H and O–H groups in total. The number of halogens is 1. The molecular formula is C17H23FN4O. The van der Waals surface area contributed by atoms with Crippen LogP contribution in [0.25, 0.3) is 0 Å². The lowest BCUT2D eigenvalue weighted by Gasteiger charge is -2.12. The van der Waals surface area contributed by atoms with Crippen molar-refractivity contribution in [3.05, 3.63) is 59.7 Å². The maximum absolute atomic E-state index is 13.4. The van der Waals surface area contributed by atoms with Crippen LogP contribution in [0.4, 0.5) is 4.39 Å². The molecule has 0 unspecified atom stereocenters. The molecule has 0 bridgehead atoms. The van der Waals surface area contributed by atoms with E-state index >= 15 is 0 Å². The Bertz CT molecular complexity index is 626. The standard InChI is InChI=1S/C17H23FN4O/c1-2-19-17(20-7-10-22-8-3-4-9-22)21-12-14-5-6-16(18)15(11-14)13-23/h3-6,8-9,11,23H,2,7,10,12-13H2,1H3,(H2,19,20,21). The van der Waals surface area contributed by atoms with Gasteiger partial charge in [0.2, 0.25) is 0 Å². The average molecular weight is 318 g/mol. The van der Waals surface area contributed by atoms with Crippen molar-refractivity contribution >= 4 is 5.96 Å². The van der Waals surface area contributed by atoms with Gasteiger partial charge in [0, 0.05) is 37.6 Å². The minimum absolute atomic E-state index is 0.295. The van der Waals surface area contributed by atoms with Crippen LogP contribution in [0.1, 0.15) is 18.1 Å². The third-order valence-corrected chi connectivity index (χ3v) is 3.37. The van der Waals surface area contributed by atoms with Gasteiger partial charge in [0.05, 0.1) is 13.2 Å². The molecule has 0 aliphatic heterocycles. The molecule has 0 atom stereocenters. The number of hydrogen-bond donors (Lipinski definition) is 3. The Morgan fingerprint density at radius 2 is 2.04 bits per heavy atom. The van der Waals surface area contributed by atoms with Gasteiger partial charge in [-0.15, -0.1) is 0 Å². The van der Waals surface area contributed by atoms with Gasteiger partial charge < -0.3 is 20.3 Å². The van der Waals surface area contributed by atoms with E-state index in [0.717, 1.165) is 31.2 Å². The Morgan fingerprint density at radius 3 is 2.74 bits per heavy atom. The van der Waals surface area contributed by atoms with Gasteiger partial charge in [0.25, 0.3) is 0 Å². The highest BCUT2D eigenvalue weighted by Gasteiger charge is 2.03. The van der Waals surface area contributed by atoms with E-state index in [9.17, 15) is 4.39 Å². The predicted molar refractivity (Wildman–Crippen MR) is 89.6 cm³/mol. The van der Waals surface area contributed by atoms with Crippen LogP contribution in [0.15, 0.2) is 47.7 Å². The van der Waals surface area contributed by atoms with Crippen molar-refractivity contribution in [3.8, 4) is 0 Å². The highest BCUT2D eigenvalue weighted by molar-refractivity contribution is 5.79. The lowest BCUT2D eigenvalue weighted by atomic mass is 10.1. The Balaban J connectivity index is 1.92. The summed E-state index contributed by atoms with van der Waals surface area (Å²) >= 11 is 0. The number of benzene rings is 1. The average Bonchev–Trinajstić information content (AvgIpc) is 3.07. The third kappa shape index (κ3) is 5.41. The van der Waals surface area contributed by atoms with Crippen molar-refractivity contribution in [2.45, 2.75) is 26.6 Å². The zero-order valence-electron chi connectivity index (χ0n) is 13.3. The molecule has 0 amide bonds. The van der Waals surface area contributed by atoms with Gasteiger partial charge >= 0.3 is 0 Å². The normalized spacial score (nSPS) is 11.5. The molecule has 5 nitrogen and oxygen atoms in total. The summed E-state index contributed by atoms with van der Waals surface area (Å²) in [5.41, 5.74) is 1.15. The molecule has 0 saturated heterocycles. The minimum Gasteiger partial charge on any atom is -0.392 e. The number of nitrogens with one attached hydrogen (secondary N) is 2. The molecule has 0 aliphatic carbocycles. The fourth-order valence-corrected chi connectivity index (χ4v) is 2.18. The molecule has 1 heterocycles. The first-order valence-corrected chi connectivity index (χ1v) is 7.74. The number of aliphatic hydroxyl groups excluding tert-OH is 1. The molecule has 0 aliphatic rings. The first-order valence-electron chi connectivity index (χ1n) is 7.74. The third-order valence-electron chi connectivity index (χ3n) is 3.37. The largest absolute Gasteiger partial charge is 0.392 e. The minimum atomic E-state index is -0.392. The summed E-state index contributed by atoms with van der Waals surface area (Å²) in [7, 11) is 0. The summed E-state index contributed by atoms with van der Waals surface area (Å²) in [6.07, 6.45) is 4.03. The van der Waals surface area contributed by atoms with Gasteiger partial charge in [-0.3, -0.25) is 0 Å². The Morgan fingerprint density at radius 1 is 1.26 bits per heavy atom. The maximum Gasteiger partial charge on any atom is 0.191 e. The van der Waals surface area contributed by atoms with Gasteiger partial charge in [0.1, 0.15) is 5.82 Å². The summed E-state index contributed by atoms with van der Waals surface area (Å²) in [6, 6.07) is 8.67. The summed E-state index contributed by atoms with van der Waals surface area (Å²) in [5, 5.41) is 15.6. The smallest absolute Gasteiger partial charge is 0.191 e. The molecule has 2 rings (SSSR count). The van der Waals surface area contributed by atoms with Crippen molar-refractivity contribution in [2.75, 3.05) is 13.1 Å². The van der Waals surface area contributed by atoms with Gasteiger partial charge in [-0.05, 0) is 36.8 Å². The van der Waals surface area contributed by atoms with E-state index in [1.54, 1.807) is 12.1 Å². The Hall–Kier alpha value is -2.34. The number of aliphatic hydroxyl groups is 1. The Kier molecular flexibility index (Phi) is 6.62. The SMILES string of the molecule is CCNC(=NCc1ccc(F)c(CO)c1)NCCn1cccc1. The van der Waals surface area contributed by atoms with E-state index in [-0.39, 0.29) is 6.61 Å². The van der Waals surface area contributed by atoms with Crippen molar-refractivity contribution < 1.29 is 9.50 Å². The number of nitrogens with zero attached hydrogens (tertiary/aromatic N) is 2. The molecule has 6 heteroatoms. The second kappa shape index (κ2) is 8.95. The van der Waals surface area contributed by atoms with Crippen LogP contribution in [0, 0.1) is 5.82 Å². The number of hydrogen-bond acceptors (Lipinski definition) is 2. The molecular weight excluding hydrogens is 295 g/mol. The quantitative estimate of drug-likeness (QED) is 0.539. The number of rotatable bonds is 7. The Labute approximate surface area is 135 Å². The zero-order chi connectivity index (χ0) is 16.5. The van der Waals surface area contributed by atoms with Crippen molar-refractivity contribution in [1.29, 1.82) is 0 Å². The van der Waals surface area contributed by atoms with Gasteiger partial charge in [-0.25, -0.2) is 9.38 Å². The van der Waals surface area contributed by atoms with E-state index in [4.69, 9.17) is 5.11 Å². The summed E-state index contributed by atoms with van der Waals surface area (Å²) in [4.78, 5) is 4.49. The fraction of sp³-hybridized carbons (Fsp3) is 0.353. The van der Waals surface area contributed by atoms with E-state index in [2.05, 4.69) is 20.2 Å². The fourth-order valence-electron chi connectivity index (χ4n) is 2.18. The van der Waals surface area contributed by atoms with Crippen LogP contribution in [-0.4, -0.2) is 28.7 Å². The molecule has 2 aromatic rings. The summed E-state index contributed by atoms with van der Waals surface area (Å²) in [5.74, 6) is 0.325. The molecule has 0 spiro atoms. The molecule has 0 saturated carbocycles. The van der Waals surface area contributed by atoms with Crippen LogP contribution >= 0.6 is 0 Å². The van der Waals surface area contributed by atoms with E-state index in [0.29, 0.717) is 12.1 Å². The summed E-state index contributed by atoms with van der Waals surface area (Å²) < 4.78 is 15.5. The lowest BCUT2D eigenvalue weighted by molar-refractivity contribution is 0.275. The molecule has 1 aromatic carbocycles. The van der Waals surface area contributed by atoms with E-state index in [1.807, 2.05) is 31.5 Å². The lowest BCUT2D eigenvalue weighted by Crippen LogP contribution is -2.38. The summed E-state index contributed by atoms with van der Waals surface area (Å²) in [6.45, 7) is 4.49. The second-order valence-electron chi connectivity index (χ2n) is 5.13. The first-order chi connectivity index (χ1) is 11.2. The van der Waals surface area contributed by atoms with Crippen LogP contribution in [0.2, 0.25) is 0 Å². The molecule has 0 fully saturated rings. The molecule has 1 aromatic heterocycles. The first kappa shape index (κ1) is 17.0. The number of aliphatic imine (C=N–C) groups is 1. The van der Waals surface area contributed by atoms with Crippen LogP contribution in [0.3, 0.4) is 0 Å². The highest BCUT2D eigenvalue weighted by atomic mass is 19.1. The van der Waals surface area contributed by atoms with E-state index < -0.39 is 5.82 Å². The van der Waals surface area contributed by atoms with Crippen LogP contribution < -0.4 is 10.6 Å². The van der Waals surface area contributed by atoms with Crippen molar-refractivity contribution in [1.82, 2.24) is 15.2 Å². The van der Waals surface area contributed by atoms with Gasteiger partial charge in [0.15, 0.2) is 5.96 Å². The molecule has 23 heavy (non-hydrogen) atoms. The van der Waals surface area contributed by atoms with Gasteiger partial charge in [-0.2, -0.15) is 0 Å². The number of aromatic nitrogens is 1. The number of guanidine groups is 1. The topological polar surface area (TPSA) is 61.6 Å². The van der Waals surface area contributed by atoms with Crippen molar-refractivity contribution in [2.24, 2.45) is 4.99 Å². The van der Waals surface area contributed by atoms with Crippen LogP contribution in [0.5, 0.6) is 0 Å². The monoisotopic (exact) mass is 318 g/mol. The second-order valence-corrected chi connectivity index (χ2v) is 5.13. The molecule has 0 radical (unpaired) electrons. The molecule has 124 valence electrons. The van der Waals surface area contributed by atoms with Gasteiger partial charge in [-0.1, -0.05) is 6.07 Å². The predicted octanol–water partition coefficient (Wildman–Crippen LogP) is 1.87. The highest BCUT2D eigenvalue weighted by Crippen LogP contribution is 2.11. The van der Waals surface area contributed by atoms with E-state index in [1.165, 1.54) is 6.07 Å². The van der Waals surface area contributed by atoms with Crippen LogP contribution in [-0.2, 0) is 19.7 Å². The zero-order valence-corrected chi connectivity index (χ0v) is 13.3. The van der Waals surface area contributed by atoms with Crippen molar-refractivity contribution in [3.63, 3.8) is 0 Å².